The third-order valence-corrected chi connectivity index (χ3v) is 2.07. The summed E-state index contributed by atoms with van der Waals surface area (Å²) in [6, 6.07) is -0.380. The van der Waals surface area contributed by atoms with Crippen LogP contribution in [0.25, 0.3) is 0 Å². The molecule has 0 aromatic carbocycles. The lowest BCUT2D eigenvalue weighted by Crippen LogP contribution is -2.32. The first-order valence-corrected chi connectivity index (χ1v) is 5.64. The van der Waals surface area contributed by atoms with Crippen LogP contribution in [0.1, 0.15) is 26.7 Å². The van der Waals surface area contributed by atoms with Gasteiger partial charge in [-0.3, -0.25) is 14.5 Å². The Labute approximate surface area is 103 Å². The van der Waals surface area contributed by atoms with Crippen molar-refractivity contribution in [2.75, 3.05) is 27.2 Å². The van der Waals surface area contributed by atoms with Gasteiger partial charge in [0.15, 0.2) is 0 Å². The first-order valence-electron chi connectivity index (χ1n) is 5.64. The first-order chi connectivity index (χ1) is 7.82. The van der Waals surface area contributed by atoms with E-state index in [1.54, 1.807) is 25.9 Å². The molecule has 0 aliphatic carbocycles. The van der Waals surface area contributed by atoms with E-state index in [-0.39, 0.29) is 12.5 Å². The summed E-state index contributed by atoms with van der Waals surface area (Å²) >= 11 is 0. The molecule has 0 heterocycles. The van der Waals surface area contributed by atoms with E-state index in [0.717, 1.165) is 13.0 Å². The van der Waals surface area contributed by atoms with Gasteiger partial charge >= 0.3 is 11.9 Å². The maximum atomic E-state index is 10.1. The molecule has 0 rings (SSSR count). The fraction of sp³-hybridized carbons (Fsp3) is 0.818. The molecule has 1 atom stereocenters. The summed E-state index contributed by atoms with van der Waals surface area (Å²) in [5.41, 5.74) is 0. The minimum Gasteiger partial charge on any atom is -0.481 e. The highest BCUT2D eigenvalue weighted by Gasteiger charge is 2.11. The van der Waals surface area contributed by atoms with E-state index < -0.39 is 11.9 Å². The molecule has 102 valence electrons. The van der Waals surface area contributed by atoms with Gasteiger partial charge in [0, 0.05) is 6.54 Å². The molecular formula is C11H24N2O4. The van der Waals surface area contributed by atoms with Gasteiger partial charge in [-0.25, -0.2) is 0 Å². The van der Waals surface area contributed by atoms with Crippen LogP contribution in [0, 0.1) is 0 Å². The van der Waals surface area contributed by atoms with Crippen LogP contribution < -0.4 is 5.32 Å². The summed E-state index contributed by atoms with van der Waals surface area (Å²) in [6.07, 6.45) is 1.28. The van der Waals surface area contributed by atoms with E-state index in [1.807, 2.05) is 6.92 Å². The number of carboxylic acids is 2. The summed E-state index contributed by atoms with van der Waals surface area (Å²) < 4.78 is 0. The monoisotopic (exact) mass is 248 g/mol. The number of nitrogens with one attached hydrogen (secondary N) is 1. The van der Waals surface area contributed by atoms with Crippen LogP contribution in [-0.4, -0.2) is 60.3 Å². The highest BCUT2D eigenvalue weighted by Crippen LogP contribution is 1.88. The average Bonchev–Trinajstić information content (AvgIpc) is 2.23. The number of hydrogen-bond acceptors (Lipinski definition) is 4. The van der Waals surface area contributed by atoms with Gasteiger partial charge in [0.1, 0.15) is 6.04 Å². The topological polar surface area (TPSA) is 89.9 Å². The lowest BCUT2D eigenvalue weighted by molar-refractivity contribution is -0.141. The molecule has 3 N–H and O–H groups in total. The van der Waals surface area contributed by atoms with Crippen molar-refractivity contribution < 1.29 is 19.8 Å². The van der Waals surface area contributed by atoms with Crippen LogP contribution in [0.2, 0.25) is 0 Å². The van der Waals surface area contributed by atoms with E-state index in [1.165, 1.54) is 0 Å². The molecule has 0 aliphatic heterocycles. The van der Waals surface area contributed by atoms with Gasteiger partial charge in [-0.1, -0.05) is 6.92 Å². The number of aliphatic carboxylic acids is 2. The summed E-state index contributed by atoms with van der Waals surface area (Å²) in [4.78, 5) is 21.7. The van der Waals surface area contributed by atoms with Crippen LogP contribution in [0.3, 0.4) is 0 Å². The van der Waals surface area contributed by atoms with Crippen molar-refractivity contribution in [1.29, 1.82) is 0 Å². The van der Waals surface area contributed by atoms with Crippen LogP contribution in [0.4, 0.5) is 0 Å². The Bertz CT molecular complexity index is 220. The fourth-order valence-corrected chi connectivity index (χ4v) is 0.718. The van der Waals surface area contributed by atoms with Crippen molar-refractivity contribution in [1.82, 2.24) is 10.2 Å². The van der Waals surface area contributed by atoms with Crippen molar-refractivity contribution in [3.05, 3.63) is 0 Å². The molecule has 0 fully saturated rings. The zero-order valence-electron chi connectivity index (χ0n) is 11.1. The number of carbonyl (C=O) groups is 2. The average molecular weight is 248 g/mol. The number of nitrogens with zero attached hydrogens (tertiary/aromatic N) is 1. The van der Waals surface area contributed by atoms with Gasteiger partial charge in [-0.05, 0) is 34.0 Å². The molecule has 6 heteroatoms. The summed E-state index contributed by atoms with van der Waals surface area (Å²) in [7, 11) is 3.47. The maximum Gasteiger partial charge on any atom is 0.320 e. The Morgan fingerprint density at radius 3 is 2.00 bits per heavy atom. The predicted molar refractivity (Wildman–Crippen MR) is 66.2 cm³/mol. The second-order valence-electron chi connectivity index (χ2n) is 3.87. The Hall–Kier alpha value is -1.14. The van der Waals surface area contributed by atoms with E-state index in [9.17, 15) is 9.59 Å². The number of hydrogen-bond donors (Lipinski definition) is 3. The molecule has 0 amide bonds. The molecule has 0 radical (unpaired) electrons. The van der Waals surface area contributed by atoms with E-state index in [4.69, 9.17) is 10.2 Å². The molecule has 6 nitrogen and oxygen atoms in total. The molecule has 0 bridgehead atoms. The largest absolute Gasteiger partial charge is 0.481 e. The standard InChI is InChI=1S/C6H13NO2.C5H11NO2/c1-2-4-7-5-3-6(8)9;1-4(5(7)8)6(2)3/h7H,2-5H2,1H3,(H,8,9);4H,1-3H3,(H,7,8). The highest BCUT2D eigenvalue weighted by atomic mass is 16.4. The summed E-state index contributed by atoms with van der Waals surface area (Å²) in [5.74, 6) is -1.52. The Morgan fingerprint density at radius 1 is 1.24 bits per heavy atom. The zero-order chi connectivity index (χ0) is 13.8. The van der Waals surface area contributed by atoms with Crippen molar-refractivity contribution in [3.8, 4) is 0 Å². The minimum absolute atomic E-state index is 0.222. The van der Waals surface area contributed by atoms with Crippen LogP contribution in [0.15, 0.2) is 0 Å². The minimum atomic E-state index is -0.782. The first kappa shape index (κ1) is 18.2. The lowest BCUT2D eigenvalue weighted by atomic mass is 10.3. The molecule has 0 aromatic heterocycles. The van der Waals surface area contributed by atoms with Crippen molar-refractivity contribution >= 4 is 11.9 Å². The third-order valence-electron chi connectivity index (χ3n) is 2.07. The fourth-order valence-electron chi connectivity index (χ4n) is 0.718. The molecule has 0 saturated heterocycles. The second-order valence-corrected chi connectivity index (χ2v) is 3.87. The van der Waals surface area contributed by atoms with Crippen LogP contribution in [0.5, 0.6) is 0 Å². The van der Waals surface area contributed by atoms with Gasteiger partial charge in [0.25, 0.3) is 0 Å². The quantitative estimate of drug-likeness (QED) is 0.568. The van der Waals surface area contributed by atoms with Gasteiger partial charge in [0.05, 0.1) is 6.42 Å². The van der Waals surface area contributed by atoms with E-state index in [0.29, 0.717) is 6.54 Å². The second kappa shape index (κ2) is 11.3. The lowest BCUT2D eigenvalue weighted by Gasteiger charge is -2.13. The van der Waals surface area contributed by atoms with E-state index in [2.05, 4.69) is 5.32 Å². The predicted octanol–water partition coefficient (Wildman–Crippen LogP) is 0.482. The van der Waals surface area contributed by atoms with Crippen molar-refractivity contribution in [3.63, 3.8) is 0 Å². The highest BCUT2D eigenvalue weighted by molar-refractivity contribution is 5.72. The molecule has 0 spiro atoms. The number of likely N-dealkylation sites (N-methyl/N-ethyl adjacent to an activating group) is 1. The van der Waals surface area contributed by atoms with Crippen molar-refractivity contribution in [2.24, 2.45) is 0 Å². The SMILES string of the molecule is CC(C(=O)O)N(C)C.CCCNCCC(=O)O. The maximum absolute atomic E-state index is 10.1. The van der Waals surface area contributed by atoms with Crippen LogP contribution >= 0.6 is 0 Å². The van der Waals surface area contributed by atoms with Gasteiger partial charge in [0.2, 0.25) is 0 Å². The molecule has 0 aliphatic rings. The van der Waals surface area contributed by atoms with Gasteiger partial charge < -0.3 is 15.5 Å². The molecular weight excluding hydrogens is 224 g/mol. The molecule has 17 heavy (non-hydrogen) atoms. The third kappa shape index (κ3) is 14.9. The number of carboxylic acid groups (broad SMARTS) is 2. The molecule has 0 saturated carbocycles. The normalized spacial score (nSPS) is 11.6. The molecule has 1 unspecified atom stereocenters. The Morgan fingerprint density at radius 2 is 1.76 bits per heavy atom. The van der Waals surface area contributed by atoms with Gasteiger partial charge in [-0.2, -0.15) is 0 Å². The van der Waals surface area contributed by atoms with Crippen molar-refractivity contribution in [2.45, 2.75) is 32.7 Å². The Balaban J connectivity index is 0. The Kier molecular flexibility index (Phi) is 12.2. The zero-order valence-corrected chi connectivity index (χ0v) is 11.1. The summed E-state index contributed by atoms with van der Waals surface area (Å²) in [6.45, 7) is 5.19. The molecule has 0 aromatic rings. The van der Waals surface area contributed by atoms with E-state index >= 15 is 0 Å². The number of rotatable bonds is 7. The van der Waals surface area contributed by atoms with Gasteiger partial charge in [-0.15, -0.1) is 0 Å². The van der Waals surface area contributed by atoms with Crippen LogP contribution in [-0.2, 0) is 9.59 Å². The summed E-state index contributed by atoms with van der Waals surface area (Å²) in [5, 5.41) is 19.5. The smallest absolute Gasteiger partial charge is 0.320 e.